The average molecular weight is 501 g/mol. The predicted octanol–water partition coefficient (Wildman–Crippen LogP) is 10.1. The topological polar surface area (TPSA) is 0 Å². The normalized spacial score (nSPS) is 31.4. The van der Waals surface area contributed by atoms with Gasteiger partial charge in [0, 0.05) is 11.1 Å². The van der Waals surface area contributed by atoms with Gasteiger partial charge in [-0.3, -0.25) is 0 Å². The summed E-state index contributed by atoms with van der Waals surface area (Å²) in [6.45, 7) is 3.79. The lowest BCUT2D eigenvalue weighted by atomic mass is 9.68. The molecule has 0 bridgehead atoms. The molecule has 0 unspecified atom stereocenters. The molecule has 2 aromatic carbocycles. The standard InChI is InChI=1S/C32H40F4/c1-19-3-5-21(6-4-19)22-7-9-23(10-8-22)27-17-30(35)32(31(36)18-27)25-13-11-24(12-14-25)26-15-28(33)20(2)29(34)16-26/h15-19,21-25H,3-14H2,1-2H3. The quantitative estimate of drug-likeness (QED) is 0.366. The Morgan fingerprint density at radius 3 is 1.33 bits per heavy atom. The number of hydrogen-bond acceptors (Lipinski definition) is 0. The van der Waals surface area contributed by atoms with Crippen molar-refractivity contribution < 1.29 is 17.6 Å². The highest BCUT2D eigenvalue weighted by atomic mass is 19.1. The van der Waals surface area contributed by atoms with Crippen LogP contribution in [0.5, 0.6) is 0 Å². The molecule has 3 saturated carbocycles. The van der Waals surface area contributed by atoms with Crippen molar-refractivity contribution in [3.05, 3.63) is 69.8 Å². The second kappa shape index (κ2) is 10.9. The zero-order valence-electron chi connectivity index (χ0n) is 21.8. The lowest BCUT2D eigenvalue weighted by Gasteiger charge is -2.37. The molecular weight excluding hydrogens is 460 g/mol. The van der Waals surface area contributed by atoms with E-state index in [4.69, 9.17) is 0 Å². The van der Waals surface area contributed by atoms with Crippen LogP contribution in [-0.4, -0.2) is 0 Å². The molecular formula is C32H40F4. The molecule has 2 aromatic rings. The summed E-state index contributed by atoms with van der Waals surface area (Å²) < 4.78 is 58.6. The van der Waals surface area contributed by atoms with E-state index in [0.717, 1.165) is 36.2 Å². The van der Waals surface area contributed by atoms with Crippen LogP contribution in [0.25, 0.3) is 0 Å². The number of hydrogen-bond donors (Lipinski definition) is 0. The summed E-state index contributed by atoms with van der Waals surface area (Å²) in [5, 5.41) is 0. The summed E-state index contributed by atoms with van der Waals surface area (Å²) in [6, 6.07) is 6.04. The second-order valence-electron chi connectivity index (χ2n) is 12.2. The summed E-state index contributed by atoms with van der Waals surface area (Å²) in [5.74, 6) is 0.723. The zero-order valence-corrected chi connectivity index (χ0v) is 21.8. The van der Waals surface area contributed by atoms with Crippen LogP contribution < -0.4 is 0 Å². The largest absolute Gasteiger partial charge is 0.207 e. The Bertz CT molecular complexity index is 1010. The zero-order chi connectivity index (χ0) is 25.4. The average Bonchev–Trinajstić information content (AvgIpc) is 2.87. The number of benzene rings is 2. The van der Waals surface area contributed by atoms with Crippen LogP contribution in [0.1, 0.15) is 124 Å². The van der Waals surface area contributed by atoms with E-state index in [1.807, 2.05) is 0 Å². The van der Waals surface area contributed by atoms with Crippen molar-refractivity contribution in [2.24, 2.45) is 17.8 Å². The van der Waals surface area contributed by atoms with E-state index in [1.165, 1.54) is 57.6 Å². The first-order valence-electron chi connectivity index (χ1n) is 14.2. The van der Waals surface area contributed by atoms with E-state index in [1.54, 1.807) is 12.1 Å². The molecule has 4 heteroatoms. The summed E-state index contributed by atoms with van der Waals surface area (Å²) in [7, 11) is 0. The SMILES string of the molecule is Cc1c(F)cc(C2CCC(c3c(F)cc(C4CCC(C5CCC(C)CC5)CC4)cc3F)CC2)cc1F. The van der Waals surface area contributed by atoms with Crippen molar-refractivity contribution in [1.29, 1.82) is 0 Å². The first-order valence-corrected chi connectivity index (χ1v) is 14.2. The van der Waals surface area contributed by atoms with Crippen molar-refractivity contribution in [3.63, 3.8) is 0 Å². The fourth-order valence-electron chi connectivity index (χ4n) is 7.53. The molecule has 0 atom stereocenters. The third kappa shape index (κ3) is 5.38. The first kappa shape index (κ1) is 25.8. The molecule has 0 spiro atoms. The highest BCUT2D eigenvalue weighted by Gasteiger charge is 2.32. The maximum Gasteiger partial charge on any atom is 0.129 e. The van der Waals surface area contributed by atoms with Crippen LogP contribution >= 0.6 is 0 Å². The van der Waals surface area contributed by atoms with Gasteiger partial charge in [0.15, 0.2) is 0 Å². The van der Waals surface area contributed by atoms with Crippen LogP contribution in [-0.2, 0) is 0 Å². The van der Waals surface area contributed by atoms with Crippen LogP contribution in [0.2, 0.25) is 0 Å². The van der Waals surface area contributed by atoms with Gasteiger partial charge in [-0.1, -0.05) is 19.8 Å². The Kier molecular flexibility index (Phi) is 7.79. The minimum absolute atomic E-state index is 0.0267. The molecule has 36 heavy (non-hydrogen) atoms. The summed E-state index contributed by atoms with van der Waals surface area (Å²) >= 11 is 0. The molecule has 0 aromatic heterocycles. The van der Waals surface area contributed by atoms with Crippen LogP contribution in [0, 0.1) is 47.9 Å². The Morgan fingerprint density at radius 1 is 0.500 bits per heavy atom. The van der Waals surface area contributed by atoms with Crippen molar-refractivity contribution in [2.75, 3.05) is 0 Å². The monoisotopic (exact) mass is 500 g/mol. The van der Waals surface area contributed by atoms with Gasteiger partial charge in [-0.05, 0) is 142 Å². The van der Waals surface area contributed by atoms with E-state index in [-0.39, 0.29) is 28.9 Å². The van der Waals surface area contributed by atoms with Gasteiger partial charge in [0.05, 0.1) is 0 Å². The van der Waals surface area contributed by atoms with Crippen molar-refractivity contribution in [1.82, 2.24) is 0 Å². The van der Waals surface area contributed by atoms with Crippen molar-refractivity contribution in [3.8, 4) is 0 Å². The number of rotatable bonds is 4. The molecule has 0 N–H and O–H groups in total. The van der Waals surface area contributed by atoms with Gasteiger partial charge in [0.1, 0.15) is 23.3 Å². The fourth-order valence-corrected chi connectivity index (χ4v) is 7.53. The molecule has 3 aliphatic rings. The number of halogens is 4. The van der Waals surface area contributed by atoms with Gasteiger partial charge in [-0.15, -0.1) is 0 Å². The molecule has 3 aliphatic carbocycles. The molecule has 0 heterocycles. The molecule has 3 fully saturated rings. The highest BCUT2D eigenvalue weighted by Crippen LogP contribution is 2.46. The molecule has 0 amide bonds. The van der Waals surface area contributed by atoms with Crippen LogP contribution in [0.3, 0.4) is 0 Å². The molecule has 196 valence electrons. The minimum Gasteiger partial charge on any atom is -0.207 e. The lowest BCUT2D eigenvalue weighted by Crippen LogP contribution is -2.25. The lowest BCUT2D eigenvalue weighted by molar-refractivity contribution is 0.165. The third-order valence-corrected chi connectivity index (χ3v) is 9.98. The second-order valence-corrected chi connectivity index (χ2v) is 12.2. The van der Waals surface area contributed by atoms with E-state index < -0.39 is 23.3 Å². The molecule has 0 saturated heterocycles. The van der Waals surface area contributed by atoms with Gasteiger partial charge < -0.3 is 0 Å². The molecule has 5 rings (SSSR count). The summed E-state index contributed by atoms with van der Waals surface area (Å²) in [5.41, 5.74) is 1.73. The van der Waals surface area contributed by atoms with Gasteiger partial charge in [0.25, 0.3) is 0 Å². The third-order valence-electron chi connectivity index (χ3n) is 9.98. The Balaban J connectivity index is 1.20. The van der Waals surface area contributed by atoms with E-state index >= 15 is 8.78 Å². The van der Waals surface area contributed by atoms with E-state index in [2.05, 4.69) is 6.92 Å². The summed E-state index contributed by atoms with van der Waals surface area (Å²) in [6.07, 6.45) is 12.4. The maximum atomic E-state index is 15.3. The fraction of sp³-hybridized carbons (Fsp3) is 0.625. The molecule has 0 radical (unpaired) electrons. The molecule has 0 nitrogen and oxygen atoms in total. The van der Waals surface area contributed by atoms with Gasteiger partial charge >= 0.3 is 0 Å². The van der Waals surface area contributed by atoms with Gasteiger partial charge in [-0.25, -0.2) is 17.6 Å². The smallest absolute Gasteiger partial charge is 0.129 e. The minimum atomic E-state index is -0.526. The van der Waals surface area contributed by atoms with Crippen molar-refractivity contribution in [2.45, 2.75) is 109 Å². The Labute approximate surface area is 213 Å². The van der Waals surface area contributed by atoms with Crippen LogP contribution in [0.4, 0.5) is 17.6 Å². The van der Waals surface area contributed by atoms with E-state index in [0.29, 0.717) is 31.2 Å². The Hall–Kier alpha value is -1.84. The van der Waals surface area contributed by atoms with Gasteiger partial charge in [-0.2, -0.15) is 0 Å². The van der Waals surface area contributed by atoms with Gasteiger partial charge in [0.2, 0.25) is 0 Å². The summed E-state index contributed by atoms with van der Waals surface area (Å²) in [4.78, 5) is 0. The molecule has 0 aliphatic heterocycles. The van der Waals surface area contributed by atoms with Crippen LogP contribution in [0.15, 0.2) is 24.3 Å². The van der Waals surface area contributed by atoms with E-state index in [9.17, 15) is 8.78 Å². The predicted molar refractivity (Wildman–Crippen MR) is 137 cm³/mol. The highest BCUT2D eigenvalue weighted by molar-refractivity contribution is 5.33. The maximum absolute atomic E-state index is 15.3. The first-order chi connectivity index (χ1) is 17.3. The Morgan fingerprint density at radius 2 is 0.861 bits per heavy atom. The van der Waals surface area contributed by atoms with Crippen molar-refractivity contribution >= 4 is 0 Å².